The predicted octanol–water partition coefficient (Wildman–Crippen LogP) is 3.98. The summed E-state index contributed by atoms with van der Waals surface area (Å²) < 4.78 is 5.16. The summed E-state index contributed by atoms with van der Waals surface area (Å²) in [6, 6.07) is 14.0. The molecule has 2 N–H and O–H groups in total. The number of benzene rings is 2. The number of carbonyl (C=O) groups excluding carboxylic acids is 3. The predicted molar refractivity (Wildman–Crippen MR) is 113 cm³/mol. The van der Waals surface area contributed by atoms with Gasteiger partial charge in [-0.15, -0.1) is 0 Å². The summed E-state index contributed by atoms with van der Waals surface area (Å²) >= 11 is 5.79. The molecule has 1 unspecified atom stereocenters. The monoisotopic (exact) mass is 416 g/mol. The van der Waals surface area contributed by atoms with Crippen LogP contribution >= 0.6 is 11.6 Å². The number of ether oxygens (including phenoxy) is 1. The first-order chi connectivity index (χ1) is 13.9. The Balaban J connectivity index is 1.67. The second-order valence-corrected chi connectivity index (χ2v) is 6.97. The zero-order valence-corrected chi connectivity index (χ0v) is 17.3. The van der Waals surface area contributed by atoms with Crippen LogP contribution in [0.1, 0.15) is 42.6 Å². The summed E-state index contributed by atoms with van der Waals surface area (Å²) in [6.07, 6.45) is 0.522. The number of hydrogen-bond acceptors (Lipinski definition) is 4. The number of nitrogens with one attached hydrogen (secondary N) is 2. The second-order valence-electron chi connectivity index (χ2n) is 6.54. The van der Waals surface area contributed by atoms with E-state index in [9.17, 15) is 14.4 Å². The van der Waals surface area contributed by atoms with Crippen molar-refractivity contribution in [1.82, 2.24) is 5.32 Å². The first kappa shape index (κ1) is 22.4. The average molecular weight is 417 g/mol. The van der Waals surface area contributed by atoms with Crippen LogP contribution in [0.4, 0.5) is 5.69 Å². The number of anilines is 1. The highest BCUT2D eigenvalue weighted by Gasteiger charge is 2.17. The molecule has 154 valence electrons. The third kappa shape index (κ3) is 7.58. The van der Waals surface area contributed by atoms with Crippen molar-refractivity contribution in [2.45, 2.75) is 39.2 Å². The Kier molecular flexibility index (Phi) is 8.68. The Labute approximate surface area is 175 Å². The SMILES string of the molecule is CCc1ccc(NC(=O)C(C)OC(=O)CCCNC(=O)c2ccc(Cl)cc2)cc1. The zero-order valence-electron chi connectivity index (χ0n) is 16.5. The van der Waals surface area contributed by atoms with Crippen LogP contribution in [0.25, 0.3) is 0 Å². The lowest BCUT2D eigenvalue weighted by atomic mass is 10.1. The number of amides is 2. The van der Waals surface area contributed by atoms with Crippen molar-refractivity contribution in [2.24, 2.45) is 0 Å². The van der Waals surface area contributed by atoms with Gasteiger partial charge in [-0.1, -0.05) is 30.7 Å². The van der Waals surface area contributed by atoms with E-state index >= 15 is 0 Å². The fourth-order valence-electron chi connectivity index (χ4n) is 2.52. The van der Waals surface area contributed by atoms with E-state index in [4.69, 9.17) is 16.3 Å². The van der Waals surface area contributed by atoms with Gasteiger partial charge in [0.1, 0.15) is 0 Å². The number of aryl methyl sites for hydroxylation is 1. The van der Waals surface area contributed by atoms with Crippen LogP contribution in [0.5, 0.6) is 0 Å². The van der Waals surface area contributed by atoms with Crippen LogP contribution in [-0.2, 0) is 20.7 Å². The highest BCUT2D eigenvalue weighted by molar-refractivity contribution is 6.30. The number of hydrogen-bond donors (Lipinski definition) is 2. The molecule has 2 amide bonds. The van der Waals surface area contributed by atoms with Gasteiger partial charge in [-0.25, -0.2) is 0 Å². The van der Waals surface area contributed by atoms with Gasteiger partial charge in [-0.3, -0.25) is 14.4 Å². The molecule has 0 aromatic heterocycles. The molecule has 0 bridgehead atoms. The van der Waals surface area contributed by atoms with Gasteiger partial charge < -0.3 is 15.4 Å². The number of carbonyl (C=O) groups is 3. The second kappa shape index (κ2) is 11.2. The molecule has 0 aliphatic carbocycles. The smallest absolute Gasteiger partial charge is 0.306 e. The lowest BCUT2D eigenvalue weighted by Gasteiger charge is -2.14. The summed E-state index contributed by atoms with van der Waals surface area (Å²) in [4.78, 5) is 36.0. The molecule has 0 saturated carbocycles. The Morgan fingerprint density at radius 3 is 2.31 bits per heavy atom. The summed E-state index contributed by atoms with van der Waals surface area (Å²) in [7, 11) is 0. The molecule has 2 rings (SSSR count). The third-order valence-corrected chi connectivity index (χ3v) is 4.51. The molecular formula is C22H25ClN2O4. The molecule has 2 aromatic carbocycles. The van der Waals surface area contributed by atoms with E-state index in [2.05, 4.69) is 17.6 Å². The Morgan fingerprint density at radius 1 is 1.03 bits per heavy atom. The molecule has 0 saturated heterocycles. The van der Waals surface area contributed by atoms with Gasteiger partial charge in [0.05, 0.1) is 0 Å². The van der Waals surface area contributed by atoms with Crippen molar-refractivity contribution in [3.05, 3.63) is 64.7 Å². The molecule has 0 radical (unpaired) electrons. The van der Waals surface area contributed by atoms with Gasteiger partial charge >= 0.3 is 5.97 Å². The molecule has 6 nitrogen and oxygen atoms in total. The molecule has 0 aliphatic rings. The molecule has 2 aromatic rings. The third-order valence-electron chi connectivity index (χ3n) is 4.26. The van der Waals surface area contributed by atoms with E-state index in [0.717, 1.165) is 6.42 Å². The van der Waals surface area contributed by atoms with Crippen molar-refractivity contribution >= 4 is 35.1 Å². The largest absolute Gasteiger partial charge is 0.453 e. The average Bonchev–Trinajstić information content (AvgIpc) is 2.72. The van der Waals surface area contributed by atoms with Gasteiger partial charge in [-0.2, -0.15) is 0 Å². The van der Waals surface area contributed by atoms with E-state index in [0.29, 0.717) is 29.2 Å². The maximum Gasteiger partial charge on any atom is 0.306 e. The van der Waals surface area contributed by atoms with E-state index in [1.54, 1.807) is 24.3 Å². The fraction of sp³-hybridized carbons (Fsp3) is 0.318. The van der Waals surface area contributed by atoms with E-state index in [1.165, 1.54) is 12.5 Å². The molecule has 29 heavy (non-hydrogen) atoms. The van der Waals surface area contributed by atoms with Crippen molar-refractivity contribution in [3.8, 4) is 0 Å². The van der Waals surface area contributed by atoms with Gasteiger partial charge in [0.25, 0.3) is 11.8 Å². The van der Waals surface area contributed by atoms with E-state index < -0.39 is 18.0 Å². The molecule has 0 spiro atoms. The maximum atomic E-state index is 12.1. The lowest BCUT2D eigenvalue weighted by molar-refractivity contribution is -0.153. The number of rotatable bonds is 9. The van der Waals surface area contributed by atoms with Gasteiger partial charge in [0.2, 0.25) is 0 Å². The first-order valence-corrected chi connectivity index (χ1v) is 9.90. The molecular weight excluding hydrogens is 392 g/mol. The molecule has 0 fully saturated rings. The molecule has 1 atom stereocenters. The Bertz CT molecular complexity index is 835. The maximum absolute atomic E-state index is 12.1. The number of esters is 1. The summed E-state index contributed by atoms with van der Waals surface area (Å²) in [6.45, 7) is 3.90. The minimum Gasteiger partial charge on any atom is -0.453 e. The molecule has 0 aliphatic heterocycles. The van der Waals surface area contributed by atoms with Gasteiger partial charge in [0.15, 0.2) is 6.10 Å². The topological polar surface area (TPSA) is 84.5 Å². The Morgan fingerprint density at radius 2 is 1.69 bits per heavy atom. The zero-order chi connectivity index (χ0) is 21.2. The van der Waals surface area contributed by atoms with Crippen LogP contribution < -0.4 is 10.6 Å². The quantitative estimate of drug-likeness (QED) is 0.478. The normalized spacial score (nSPS) is 11.4. The number of halogens is 1. The van der Waals surface area contributed by atoms with Crippen molar-refractivity contribution in [3.63, 3.8) is 0 Å². The molecule has 7 heteroatoms. The van der Waals surface area contributed by atoms with Crippen LogP contribution in [0.2, 0.25) is 5.02 Å². The standard InChI is InChI=1S/C22H25ClN2O4/c1-3-16-6-12-19(13-7-16)25-21(27)15(2)29-20(26)5-4-14-24-22(28)17-8-10-18(23)11-9-17/h6-13,15H,3-5,14H2,1-2H3,(H,24,28)(H,25,27). The van der Waals surface area contributed by atoms with Crippen LogP contribution in [0.3, 0.4) is 0 Å². The van der Waals surface area contributed by atoms with Crippen LogP contribution in [-0.4, -0.2) is 30.4 Å². The van der Waals surface area contributed by atoms with Crippen molar-refractivity contribution < 1.29 is 19.1 Å². The lowest BCUT2D eigenvalue weighted by Crippen LogP contribution is -2.30. The van der Waals surface area contributed by atoms with E-state index in [1.807, 2.05) is 24.3 Å². The van der Waals surface area contributed by atoms with Crippen LogP contribution in [0.15, 0.2) is 48.5 Å². The minimum atomic E-state index is -0.906. The first-order valence-electron chi connectivity index (χ1n) is 9.52. The van der Waals surface area contributed by atoms with E-state index in [-0.39, 0.29) is 12.3 Å². The van der Waals surface area contributed by atoms with Crippen LogP contribution in [0, 0.1) is 0 Å². The Hall–Kier alpha value is -2.86. The highest BCUT2D eigenvalue weighted by Crippen LogP contribution is 2.11. The van der Waals surface area contributed by atoms with Gasteiger partial charge in [0, 0.05) is 29.2 Å². The summed E-state index contributed by atoms with van der Waals surface area (Å²) in [5.41, 5.74) is 2.32. The summed E-state index contributed by atoms with van der Waals surface area (Å²) in [5.74, 6) is -1.12. The van der Waals surface area contributed by atoms with Gasteiger partial charge in [-0.05, 0) is 61.7 Å². The van der Waals surface area contributed by atoms with Crippen molar-refractivity contribution in [2.75, 3.05) is 11.9 Å². The molecule has 0 heterocycles. The minimum absolute atomic E-state index is 0.101. The summed E-state index contributed by atoms with van der Waals surface area (Å²) in [5, 5.41) is 6.00. The fourth-order valence-corrected chi connectivity index (χ4v) is 2.64. The van der Waals surface area contributed by atoms with Crippen molar-refractivity contribution in [1.29, 1.82) is 0 Å². The highest BCUT2D eigenvalue weighted by atomic mass is 35.5.